The van der Waals surface area contributed by atoms with E-state index >= 15 is 0 Å². The molecule has 1 saturated heterocycles. The smallest absolute Gasteiger partial charge is 0.255 e. The van der Waals surface area contributed by atoms with Crippen LogP contribution in [0.15, 0.2) is 48.7 Å². The average Bonchev–Trinajstić information content (AvgIpc) is 2.76. The summed E-state index contributed by atoms with van der Waals surface area (Å²) >= 11 is 0. The van der Waals surface area contributed by atoms with Crippen LogP contribution in [0.25, 0.3) is 0 Å². The van der Waals surface area contributed by atoms with Crippen LogP contribution in [0.1, 0.15) is 35.2 Å². The Hall–Kier alpha value is -2.40. The number of aromatic nitrogens is 1. The van der Waals surface area contributed by atoms with E-state index in [1.165, 1.54) is 12.0 Å². The van der Waals surface area contributed by atoms with E-state index in [2.05, 4.69) is 35.3 Å². The van der Waals surface area contributed by atoms with Crippen LogP contribution in [0.4, 0.5) is 5.82 Å². The van der Waals surface area contributed by atoms with E-state index in [9.17, 15) is 4.79 Å². The summed E-state index contributed by atoms with van der Waals surface area (Å²) in [5.41, 5.74) is 2.08. The van der Waals surface area contributed by atoms with E-state index < -0.39 is 0 Å². The second-order valence-electron chi connectivity index (χ2n) is 7.58. The number of methoxy groups -OCH3 is 1. The predicted molar refractivity (Wildman–Crippen MR) is 113 cm³/mol. The molecule has 1 amide bonds. The first-order valence-corrected chi connectivity index (χ1v) is 10.2. The second kappa shape index (κ2) is 10.2. The van der Waals surface area contributed by atoms with Gasteiger partial charge in [-0.2, -0.15) is 0 Å². The van der Waals surface area contributed by atoms with Crippen molar-refractivity contribution in [3.8, 4) is 0 Å². The number of anilines is 1. The number of nitrogens with zero attached hydrogens (tertiary/aromatic N) is 3. The number of amides is 1. The van der Waals surface area contributed by atoms with Gasteiger partial charge in [-0.15, -0.1) is 0 Å². The number of benzene rings is 1. The maximum atomic E-state index is 12.8. The summed E-state index contributed by atoms with van der Waals surface area (Å²) in [6, 6.07) is 14.5. The Morgan fingerprint density at radius 3 is 2.57 bits per heavy atom. The van der Waals surface area contributed by atoms with Crippen LogP contribution < -0.4 is 4.90 Å². The highest BCUT2D eigenvalue weighted by molar-refractivity contribution is 5.94. The molecule has 1 aromatic heterocycles. The summed E-state index contributed by atoms with van der Waals surface area (Å²) in [4.78, 5) is 21.2. The maximum absolute atomic E-state index is 12.8. The monoisotopic (exact) mass is 381 g/mol. The van der Waals surface area contributed by atoms with Crippen molar-refractivity contribution in [2.45, 2.75) is 25.7 Å². The zero-order chi connectivity index (χ0) is 19.8. The average molecular weight is 382 g/mol. The Morgan fingerprint density at radius 2 is 1.93 bits per heavy atom. The molecule has 0 unspecified atom stereocenters. The fourth-order valence-corrected chi connectivity index (χ4v) is 3.70. The zero-order valence-corrected chi connectivity index (χ0v) is 17.0. The fourth-order valence-electron chi connectivity index (χ4n) is 3.70. The first-order valence-electron chi connectivity index (χ1n) is 10.2. The largest absolute Gasteiger partial charge is 0.383 e. The highest BCUT2D eigenvalue weighted by Gasteiger charge is 2.23. The Morgan fingerprint density at radius 1 is 1.18 bits per heavy atom. The number of hydrogen-bond acceptors (Lipinski definition) is 4. The summed E-state index contributed by atoms with van der Waals surface area (Å²) in [6.45, 7) is 3.10. The third-order valence-corrected chi connectivity index (χ3v) is 5.60. The number of ether oxygens (including phenoxy) is 1. The maximum Gasteiger partial charge on any atom is 0.255 e. The Kier molecular flexibility index (Phi) is 7.43. The van der Waals surface area contributed by atoms with Gasteiger partial charge in [-0.1, -0.05) is 30.3 Å². The number of likely N-dealkylation sites (tertiary alicyclic amines) is 1. The molecule has 0 spiro atoms. The minimum Gasteiger partial charge on any atom is -0.383 e. The van der Waals surface area contributed by atoms with Crippen LogP contribution in [0.2, 0.25) is 0 Å². The summed E-state index contributed by atoms with van der Waals surface area (Å²) in [5, 5.41) is 0. The molecule has 1 fully saturated rings. The van der Waals surface area contributed by atoms with Crippen molar-refractivity contribution in [1.29, 1.82) is 0 Å². The first-order chi connectivity index (χ1) is 13.7. The molecule has 0 atom stereocenters. The number of aryl methyl sites for hydroxylation is 1. The summed E-state index contributed by atoms with van der Waals surface area (Å²) in [7, 11) is 3.66. The van der Waals surface area contributed by atoms with Crippen LogP contribution in [-0.4, -0.2) is 56.2 Å². The standard InChI is InChI=1S/C23H31N3O2/c1-25(16-17-28-2)22-11-10-21(18-24-22)23(27)26-14-12-20(13-15-26)9-8-19-6-4-3-5-7-19/h3-7,10-11,18,20H,8-9,12-17H2,1-2H3. The Bertz CT molecular complexity index is 725. The molecule has 1 aliphatic rings. The molecule has 1 aliphatic heterocycles. The molecule has 28 heavy (non-hydrogen) atoms. The number of pyridine rings is 1. The number of rotatable bonds is 8. The summed E-state index contributed by atoms with van der Waals surface area (Å²) in [5.74, 6) is 1.66. The molecule has 3 rings (SSSR count). The number of hydrogen-bond donors (Lipinski definition) is 0. The van der Waals surface area contributed by atoms with Gasteiger partial charge in [0.25, 0.3) is 5.91 Å². The SMILES string of the molecule is COCCN(C)c1ccc(C(=O)N2CCC(CCc3ccccc3)CC2)cn1. The lowest BCUT2D eigenvalue weighted by Gasteiger charge is -2.32. The van der Waals surface area contributed by atoms with E-state index in [0.717, 1.165) is 44.7 Å². The molecule has 2 aromatic rings. The van der Waals surface area contributed by atoms with Gasteiger partial charge in [0, 0.05) is 40.0 Å². The predicted octanol–water partition coefficient (Wildman–Crippen LogP) is 3.65. The van der Waals surface area contributed by atoms with Gasteiger partial charge in [0.2, 0.25) is 0 Å². The number of likely N-dealkylation sites (N-methyl/N-ethyl adjacent to an activating group) is 1. The van der Waals surface area contributed by atoms with Crippen molar-refractivity contribution in [1.82, 2.24) is 9.88 Å². The highest BCUT2D eigenvalue weighted by Crippen LogP contribution is 2.23. The van der Waals surface area contributed by atoms with Crippen molar-refractivity contribution >= 4 is 11.7 Å². The lowest BCUT2D eigenvalue weighted by molar-refractivity contribution is 0.0686. The molecule has 5 nitrogen and oxygen atoms in total. The van der Waals surface area contributed by atoms with E-state index in [-0.39, 0.29) is 5.91 Å². The normalized spacial score (nSPS) is 14.9. The van der Waals surface area contributed by atoms with Gasteiger partial charge in [-0.05, 0) is 49.3 Å². The zero-order valence-electron chi connectivity index (χ0n) is 17.0. The van der Waals surface area contributed by atoms with Crippen molar-refractivity contribution in [2.75, 3.05) is 45.3 Å². The van der Waals surface area contributed by atoms with Gasteiger partial charge >= 0.3 is 0 Å². The van der Waals surface area contributed by atoms with Gasteiger partial charge in [0.05, 0.1) is 12.2 Å². The molecular weight excluding hydrogens is 350 g/mol. The van der Waals surface area contributed by atoms with Crippen LogP contribution in [0.3, 0.4) is 0 Å². The van der Waals surface area contributed by atoms with Gasteiger partial charge in [-0.25, -0.2) is 4.98 Å². The molecule has 2 heterocycles. The Balaban J connectivity index is 1.46. The van der Waals surface area contributed by atoms with E-state index in [0.29, 0.717) is 18.1 Å². The molecule has 0 saturated carbocycles. The van der Waals surface area contributed by atoms with Crippen molar-refractivity contribution in [2.24, 2.45) is 5.92 Å². The molecule has 0 bridgehead atoms. The van der Waals surface area contributed by atoms with Crippen LogP contribution in [-0.2, 0) is 11.2 Å². The number of carbonyl (C=O) groups excluding carboxylic acids is 1. The molecule has 1 aromatic carbocycles. The topological polar surface area (TPSA) is 45.7 Å². The molecule has 0 aliphatic carbocycles. The van der Waals surface area contributed by atoms with Crippen LogP contribution in [0, 0.1) is 5.92 Å². The third-order valence-electron chi connectivity index (χ3n) is 5.60. The quantitative estimate of drug-likeness (QED) is 0.700. The van der Waals surface area contributed by atoms with Crippen LogP contribution >= 0.6 is 0 Å². The lowest BCUT2D eigenvalue weighted by atomic mass is 9.90. The Labute approximate surface area is 168 Å². The van der Waals surface area contributed by atoms with Crippen molar-refractivity contribution < 1.29 is 9.53 Å². The molecular formula is C23H31N3O2. The van der Waals surface area contributed by atoms with E-state index in [4.69, 9.17) is 4.74 Å². The van der Waals surface area contributed by atoms with E-state index in [1.807, 2.05) is 29.0 Å². The van der Waals surface area contributed by atoms with Gasteiger partial charge in [0.1, 0.15) is 5.82 Å². The first kappa shape index (κ1) is 20.3. The number of carbonyl (C=O) groups is 1. The van der Waals surface area contributed by atoms with E-state index in [1.54, 1.807) is 13.3 Å². The second-order valence-corrected chi connectivity index (χ2v) is 7.58. The summed E-state index contributed by atoms with van der Waals surface area (Å²) in [6.07, 6.45) is 6.20. The highest BCUT2D eigenvalue weighted by atomic mass is 16.5. The third kappa shape index (κ3) is 5.55. The van der Waals surface area contributed by atoms with Gasteiger partial charge in [-0.3, -0.25) is 4.79 Å². The van der Waals surface area contributed by atoms with Crippen LogP contribution in [0.5, 0.6) is 0 Å². The summed E-state index contributed by atoms with van der Waals surface area (Å²) < 4.78 is 5.10. The fraction of sp³-hybridized carbons (Fsp3) is 0.478. The molecule has 5 heteroatoms. The minimum absolute atomic E-state index is 0.0973. The number of piperidine rings is 1. The lowest BCUT2D eigenvalue weighted by Crippen LogP contribution is -2.38. The molecule has 0 radical (unpaired) electrons. The molecule has 0 N–H and O–H groups in total. The van der Waals surface area contributed by atoms with Crippen molar-refractivity contribution in [3.05, 3.63) is 59.8 Å². The van der Waals surface area contributed by atoms with Gasteiger partial charge in [0.15, 0.2) is 0 Å². The molecule has 150 valence electrons. The van der Waals surface area contributed by atoms with Gasteiger partial charge < -0.3 is 14.5 Å². The minimum atomic E-state index is 0.0973. The van der Waals surface area contributed by atoms with Crippen molar-refractivity contribution in [3.63, 3.8) is 0 Å².